The number of nitriles is 1. The van der Waals surface area contributed by atoms with Crippen LogP contribution in [0.5, 0.6) is 0 Å². The van der Waals surface area contributed by atoms with Gasteiger partial charge in [0.05, 0.1) is 18.2 Å². The lowest BCUT2D eigenvalue weighted by atomic mass is 10.1. The minimum absolute atomic E-state index is 0.0841. The fourth-order valence-electron chi connectivity index (χ4n) is 1.62. The van der Waals surface area contributed by atoms with Crippen LogP contribution in [0.4, 0.5) is 0 Å². The standard InChI is InChI=1S/C12H17N3O2/c1-4-10-9(11(5-2)17-14-10)8-12(16)15(3)7-6-13/h4-5,7-8H2,1-3H3. The first-order valence-corrected chi connectivity index (χ1v) is 5.71. The van der Waals surface area contributed by atoms with Gasteiger partial charge in [0.15, 0.2) is 0 Å². The molecule has 0 fully saturated rings. The molecule has 0 atom stereocenters. The molecule has 1 aromatic heterocycles. The largest absolute Gasteiger partial charge is 0.361 e. The number of hydrogen-bond acceptors (Lipinski definition) is 4. The molecular weight excluding hydrogens is 218 g/mol. The van der Waals surface area contributed by atoms with Crippen LogP contribution in [-0.4, -0.2) is 29.6 Å². The molecule has 0 aliphatic heterocycles. The van der Waals surface area contributed by atoms with Gasteiger partial charge in [-0.1, -0.05) is 19.0 Å². The highest BCUT2D eigenvalue weighted by Gasteiger charge is 2.18. The highest BCUT2D eigenvalue weighted by atomic mass is 16.5. The molecule has 0 saturated heterocycles. The van der Waals surface area contributed by atoms with Crippen LogP contribution in [0.15, 0.2) is 4.52 Å². The molecule has 1 heterocycles. The molecule has 0 aliphatic carbocycles. The summed E-state index contributed by atoms with van der Waals surface area (Å²) in [6.07, 6.45) is 1.72. The first kappa shape index (κ1) is 13.2. The lowest BCUT2D eigenvalue weighted by Gasteiger charge is -2.12. The van der Waals surface area contributed by atoms with Crippen molar-refractivity contribution in [2.24, 2.45) is 0 Å². The van der Waals surface area contributed by atoms with Crippen LogP contribution in [0.25, 0.3) is 0 Å². The van der Waals surface area contributed by atoms with Crippen LogP contribution in [0.2, 0.25) is 0 Å². The highest BCUT2D eigenvalue weighted by molar-refractivity contribution is 5.79. The quantitative estimate of drug-likeness (QED) is 0.722. The molecule has 92 valence electrons. The van der Waals surface area contributed by atoms with E-state index in [-0.39, 0.29) is 18.9 Å². The topological polar surface area (TPSA) is 70.1 Å². The zero-order valence-corrected chi connectivity index (χ0v) is 10.5. The van der Waals surface area contributed by atoms with Gasteiger partial charge in [-0.3, -0.25) is 4.79 Å². The van der Waals surface area contributed by atoms with Crippen molar-refractivity contribution in [1.29, 1.82) is 5.26 Å². The second-order valence-corrected chi connectivity index (χ2v) is 3.82. The molecule has 0 N–H and O–H groups in total. The van der Waals surface area contributed by atoms with Crippen LogP contribution in [-0.2, 0) is 24.1 Å². The fourth-order valence-corrected chi connectivity index (χ4v) is 1.62. The third-order valence-electron chi connectivity index (χ3n) is 2.67. The fraction of sp³-hybridized carbons (Fsp3) is 0.583. The van der Waals surface area contributed by atoms with Crippen LogP contribution >= 0.6 is 0 Å². The maximum Gasteiger partial charge on any atom is 0.227 e. The second-order valence-electron chi connectivity index (χ2n) is 3.82. The molecular formula is C12H17N3O2. The second kappa shape index (κ2) is 6.04. The number of rotatable bonds is 5. The van der Waals surface area contributed by atoms with Crippen LogP contribution < -0.4 is 0 Å². The molecule has 0 unspecified atom stereocenters. The Labute approximate surface area is 101 Å². The monoisotopic (exact) mass is 235 g/mol. The Hall–Kier alpha value is -1.83. The van der Waals surface area contributed by atoms with Crippen LogP contribution in [0.3, 0.4) is 0 Å². The number of aromatic nitrogens is 1. The first-order valence-electron chi connectivity index (χ1n) is 5.71. The number of aryl methyl sites for hydroxylation is 2. The average Bonchev–Trinajstić information content (AvgIpc) is 2.71. The van der Waals surface area contributed by atoms with E-state index in [1.54, 1.807) is 7.05 Å². The van der Waals surface area contributed by atoms with Gasteiger partial charge in [-0.2, -0.15) is 5.26 Å². The smallest absolute Gasteiger partial charge is 0.227 e. The van der Waals surface area contributed by atoms with Gasteiger partial charge in [0.2, 0.25) is 5.91 Å². The maximum atomic E-state index is 11.8. The van der Waals surface area contributed by atoms with Gasteiger partial charge in [-0.15, -0.1) is 0 Å². The summed E-state index contributed by atoms with van der Waals surface area (Å²) < 4.78 is 5.19. The number of amides is 1. The summed E-state index contributed by atoms with van der Waals surface area (Å²) in [6, 6.07) is 1.95. The van der Waals surface area contributed by atoms with Gasteiger partial charge in [0.1, 0.15) is 12.3 Å². The molecule has 1 aromatic rings. The highest BCUT2D eigenvalue weighted by Crippen LogP contribution is 2.17. The minimum Gasteiger partial charge on any atom is -0.361 e. The summed E-state index contributed by atoms with van der Waals surface area (Å²) in [6.45, 7) is 4.05. The zero-order valence-electron chi connectivity index (χ0n) is 10.5. The van der Waals surface area contributed by atoms with Crippen LogP contribution in [0, 0.1) is 11.3 Å². The summed E-state index contributed by atoms with van der Waals surface area (Å²) in [5, 5.41) is 12.5. The van der Waals surface area contributed by atoms with Crippen LogP contribution in [0.1, 0.15) is 30.9 Å². The Morgan fingerprint density at radius 1 is 1.47 bits per heavy atom. The number of carbonyl (C=O) groups excluding carboxylic acids is 1. The summed E-state index contributed by atoms with van der Waals surface area (Å²) >= 11 is 0. The summed E-state index contributed by atoms with van der Waals surface area (Å²) in [4.78, 5) is 13.3. The van der Waals surface area contributed by atoms with E-state index in [2.05, 4.69) is 5.16 Å². The van der Waals surface area contributed by atoms with Gasteiger partial charge in [-0.05, 0) is 6.42 Å². The minimum atomic E-state index is -0.0841. The molecule has 0 aromatic carbocycles. The Balaban J connectivity index is 2.83. The van der Waals surface area contributed by atoms with E-state index in [4.69, 9.17) is 9.78 Å². The third-order valence-corrected chi connectivity index (χ3v) is 2.67. The Morgan fingerprint density at radius 2 is 2.18 bits per heavy atom. The summed E-state index contributed by atoms with van der Waals surface area (Å²) in [5.41, 5.74) is 1.71. The van der Waals surface area contributed by atoms with E-state index in [1.165, 1.54) is 4.90 Å². The van der Waals surface area contributed by atoms with Gasteiger partial charge in [0.25, 0.3) is 0 Å². The van der Waals surface area contributed by atoms with Crippen molar-refractivity contribution in [2.75, 3.05) is 13.6 Å². The summed E-state index contributed by atoms with van der Waals surface area (Å²) in [7, 11) is 1.62. The van der Waals surface area contributed by atoms with E-state index in [0.29, 0.717) is 0 Å². The third kappa shape index (κ3) is 3.06. The van der Waals surface area contributed by atoms with Crippen molar-refractivity contribution in [2.45, 2.75) is 33.1 Å². The Kier molecular flexibility index (Phi) is 4.70. The number of carbonyl (C=O) groups is 1. The Bertz CT molecular complexity index is 410. The van der Waals surface area contributed by atoms with E-state index in [1.807, 2.05) is 19.9 Å². The van der Waals surface area contributed by atoms with Crippen molar-refractivity contribution in [3.05, 3.63) is 17.0 Å². The summed E-state index contributed by atoms with van der Waals surface area (Å²) in [5.74, 6) is 0.680. The first-order chi connectivity index (χ1) is 8.13. The predicted octanol–water partition coefficient (Wildman–Crippen LogP) is 1.32. The molecule has 0 saturated carbocycles. The molecule has 1 amide bonds. The van der Waals surface area contributed by atoms with Gasteiger partial charge >= 0.3 is 0 Å². The van der Waals surface area contributed by atoms with E-state index >= 15 is 0 Å². The van der Waals surface area contributed by atoms with Crippen molar-refractivity contribution in [3.63, 3.8) is 0 Å². The van der Waals surface area contributed by atoms with Gasteiger partial charge < -0.3 is 9.42 Å². The lowest BCUT2D eigenvalue weighted by molar-refractivity contribution is -0.128. The Morgan fingerprint density at radius 3 is 2.71 bits per heavy atom. The molecule has 5 nitrogen and oxygen atoms in total. The van der Waals surface area contributed by atoms with E-state index < -0.39 is 0 Å². The van der Waals surface area contributed by atoms with Gasteiger partial charge in [0, 0.05) is 19.0 Å². The van der Waals surface area contributed by atoms with Crippen molar-refractivity contribution >= 4 is 5.91 Å². The normalized spacial score (nSPS) is 10.0. The molecule has 5 heteroatoms. The molecule has 0 aliphatic rings. The number of hydrogen-bond donors (Lipinski definition) is 0. The van der Waals surface area contributed by atoms with Crippen molar-refractivity contribution < 1.29 is 9.32 Å². The van der Waals surface area contributed by atoms with E-state index in [0.717, 1.165) is 29.9 Å². The molecule has 0 spiro atoms. The van der Waals surface area contributed by atoms with E-state index in [9.17, 15) is 4.79 Å². The maximum absolute atomic E-state index is 11.8. The molecule has 1 rings (SSSR count). The average molecular weight is 235 g/mol. The zero-order chi connectivity index (χ0) is 12.8. The van der Waals surface area contributed by atoms with Gasteiger partial charge in [-0.25, -0.2) is 0 Å². The molecule has 0 radical (unpaired) electrons. The predicted molar refractivity (Wildman–Crippen MR) is 62.2 cm³/mol. The molecule has 17 heavy (non-hydrogen) atoms. The SMILES string of the molecule is CCc1noc(CC)c1CC(=O)N(C)CC#N. The lowest BCUT2D eigenvalue weighted by Crippen LogP contribution is -2.28. The number of nitrogens with zero attached hydrogens (tertiary/aromatic N) is 3. The number of likely N-dealkylation sites (N-methyl/N-ethyl adjacent to an activating group) is 1. The van der Waals surface area contributed by atoms with Crippen molar-refractivity contribution in [3.8, 4) is 6.07 Å². The van der Waals surface area contributed by atoms with Crippen molar-refractivity contribution in [1.82, 2.24) is 10.1 Å². The molecule has 0 bridgehead atoms.